The van der Waals surface area contributed by atoms with Gasteiger partial charge in [0.05, 0.1) is 26.7 Å². The Balaban J connectivity index is 2.40. The van der Waals surface area contributed by atoms with Crippen LogP contribution in [0.15, 0.2) is 24.3 Å². The van der Waals surface area contributed by atoms with E-state index in [1.54, 1.807) is 31.4 Å². The Kier molecular flexibility index (Phi) is 7.25. The van der Waals surface area contributed by atoms with Crippen LogP contribution in [0, 0.1) is 0 Å². The predicted molar refractivity (Wildman–Crippen MR) is 81.5 cm³/mol. The Morgan fingerprint density at radius 3 is 2.43 bits per heavy atom. The lowest BCUT2D eigenvalue weighted by atomic mass is 10.3. The second-order valence-electron chi connectivity index (χ2n) is 4.79. The molecular weight excluding hydrogens is 270 g/mol. The normalized spacial score (nSPS) is 11.6. The van der Waals surface area contributed by atoms with Gasteiger partial charge in [0.15, 0.2) is 6.54 Å². The maximum absolute atomic E-state index is 12.0. The van der Waals surface area contributed by atoms with E-state index < -0.39 is 0 Å². The average molecular weight is 294 g/mol. The van der Waals surface area contributed by atoms with Gasteiger partial charge >= 0.3 is 0 Å². The van der Waals surface area contributed by atoms with Gasteiger partial charge in [0.25, 0.3) is 5.91 Å². The van der Waals surface area contributed by atoms with Crippen LogP contribution >= 0.6 is 0 Å². The third-order valence-electron chi connectivity index (χ3n) is 3.14. The van der Waals surface area contributed by atoms with Crippen molar-refractivity contribution in [2.45, 2.75) is 13.8 Å². The summed E-state index contributed by atoms with van der Waals surface area (Å²) in [7, 11) is 1.60. The molecule has 0 aliphatic heterocycles. The van der Waals surface area contributed by atoms with Crippen molar-refractivity contribution < 1.29 is 19.2 Å². The fourth-order valence-electron chi connectivity index (χ4n) is 1.91. The zero-order valence-corrected chi connectivity index (χ0v) is 12.9. The lowest BCUT2D eigenvalue weighted by Crippen LogP contribution is -3.13. The van der Waals surface area contributed by atoms with E-state index >= 15 is 0 Å². The van der Waals surface area contributed by atoms with Crippen molar-refractivity contribution >= 4 is 17.5 Å². The van der Waals surface area contributed by atoms with Crippen molar-refractivity contribution in [2.75, 3.05) is 38.6 Å². The van der Waals surface area contributed by atoms with Crippen LogP contribution < -0.4 is 20.3 Å². The van der Waals surface area contributed by atoms with Gasteiger partial charge in [-0.2, -0.15) is 0 Å². The molecule has 1 aromatic rings. The van der Waals surface area contributed by atoms with Gasteiger partial charge in [0, 0.05) is 12.6 Å². The summed E-state index contributed by atoms with van der Waals surface area (Å²) >= 11 is 0. The number of hydrogen-bond donors (Lipinski definition) is 3. The predicted octanol–water partition coefficient (Wildman–Crippen LogP) is -0.325. The van der Waals surface area contributed by atoms with Crippen LogP contribution in [0.1, 0.15) is 13.8 Å². The van der Waals surface area contributed by atoms with E-state index in [0.29, 0.717) is 13.1 Å². The molecule has 1 rings (SSSR count). The molecule has 0 saturated carbocycles. The van der Waals surface area contributed by atoms with E-state index in [0.717, 1.165) is 29.4 Å². The van der Waals surface area contributed by atoms with Crippen LogP contribution in [0.3, 0.4) is 0 Å². The van der Waals surface area contributed by atoms with Crippen LogP contribution in [0.5, 0.6) is 5.75 Å². The summed E-state index contributed by atoms with van der Waals surface area (Å²) in [4.78, 5) is 23.9. The highest BCUT2D eigenvalue weighted by Crippen LogP contribution is 2.14. The molecule has 0 saturated heterocycles. The molecule has 0 aromatic heterocycles. The van der Waals surface area contributed by atoms with Crippen molar-refractivity contribution in [3.05, 3.63) is 24.3 Å². The molecule has 0 fully saturated rings. The first-order valence-electron chi connectivity index (χ1n) is 7.07. The standard InChI is InChI=1S/C15H23N3O3/c1-4-18(10-9-16-12(2)19)11-15(20)17-13-5-7-14(21-3)8-6-13/h5-8H,4,9-11H2,1-3H3,(H,16,19)(H,17,20)/p+1. The first-order chi connectivity index (χ1) is 10.0. The smallest absolute Gasteiger partial charge is 0.279 e. The van der Waals surface area contributed by atoms with E-state index in [1.807, 2.05) is 6.92 Å². The number of ether oxygens (including phenoxy) is 1. The highest BCUT2D eigenvalue weighted by atomic mass is 16.5. The highest BCUT2D eigenvalue weighted by Gasteiger charge is 2.12. The van der Waals surface area contributed by atoms with E-state index in [-0.39, 0.29) is 11.8 Å². The molecule has 0 spiro atoms. The molecule has 6 heteroatoms. The quantitative estimate of drug-likeness (QED) is 0.615. The Morgan fingerprint density at radius 2 is 1.90 bits per heavy atom. The molecule has 0 aliphatic rings. The lowest BCUT2D eigenvalue weighted by molar-refractivity contribution is -0.888. The zero-order valence-electron chi connectivity index (χ0n) is 12.9. The molecule has 1 aromatic carbocycles. The first kappa shape index (κ1) is 17.0. The van der Waals surface area contributed by atoms with Crippen molar-refractivity contribution in [1.29, 1.82) is 0 Å². The second kappa shape index (κ2) is 8.97. The number of anilines is 1. The van der Waals surface area contributed by atoms with Gasteiger partial charge in [-0.05, 0) is 31.2 Å². The Morgan fingerprint density at radius 1 is 1.24 bits per heavy atom. The number of quaternary nitrogens is 1. The fraction of sp³-hybridized carbons (Fsp3) is 0.467. The van der Waals surface area contributed by atoms with Crippen molar-refractivity contribution in [2.24, 2.45) is 0 Å². The van der Waals surface area contributed by atoms with Crippen LogP contribution in [-0.2, 0) is 9.59 Å². The third kappa shape index (κ3) is 6.76. The van der Waals surface area contributed by atoms with Crippen molar-refractivity contribution in [3.63, 3.8) is 0 Å². The molecule has 21 heavy (non-hydrogen) atoms. The molecule has 3 N–H and O–H groups in total. The summed E-state index contributed by atoms with van der Waals surface area (Å²) in [5, 5.41) is 5.60. The Bertz CT molecular complexity index is 460. The highest BCUT2D eigenvalue weighted by molar-refractivity contribution is 5.91. The maximum atomic E-state index is 12.0. The Hall–Kier alpha value is -2.08. The number of rotatable bonds is 8. The minimum Gasteiger partial charge on any atom is -0.497 e. The monoisotopic (exact) mass is 294 g/mol. The summed E-state index contributed by atoms with van der Waals surface area (Å²) in [5.74, 6) is 0.664. The number of hydrogen-bond acceptors (Lipinski definition) is 3. The number of carbonyl (C=O) groups is 2. The SMILES string of the molecule is CC[NH+](CCNC(C)=O)CC(=O)Nc1ccc(OC)cc1. The largest absolute Gasteiger partial charge is 0.497 e. The number of likely N-dealkylation sites (N-methyl/N-ethyl adjacent to an activating group) is 1. The van der Waals surface area contributed by atoms with Crippen LogP contribution in [0.2, 0.25) is 0 Å². The summed E-state index contributed by atoms with van der Waals surface area (Å²) in [5.41, 5.74) is 0.748. The molecular formula is C15H24N3O3+. The molecule has 1 atom stereocenters. The van der Waals surface area contributed by atoms with E-state index in [2.05, 4.69) is 10.6 Å². The van der Waals surface area contributed by atoms with Crippen LogP contribution in [0.25, 0.3) is 0 Å². The first-order valence-corrected chi connectivity index (χ1v) is 7.07. The van der Waals surface area contributed by atoms with Gasteiger partial charge in [0.2, 0.25) is 5.91 Å². The third-order valence-corrected chi connectivity index (χ3v) is 3.14. The summed E-state index contributed by atoms with van der Waals surface area (Å²) in [6.07, 6.45) is 0. The molecule has 0 aliphatic carbocycles. The summed E-state index contributed by atoms with van der Waals surface area (Å²) in [6, 6.07) is 7.22. The number of methoxy groups -OCH3 is 1. The zero-order chi connectivity index (χ0) is 15.7. The molecule has 0 heterocycles. The summed E-state index contributed by atoms with van der Waals surface area (Å²) in [6.45, 7) is 6.02. The van der Waals surface area contributed by atoms with Gasteiger partial charge in [-0.3, -0.25) is 9.59 Å². The molecule has 6 nitrogen and oxygen atoms in total. The maximum Gasteiger partial charge on any atom is 0.279 e. The second-order valence-corrected chi connectivity index (χ2v) is 4.79. The minimum atomic E-state index is -0.0480. The molecule has 2 amide bonds. The van der Waals surface area contributed by atoms with Crippen LogP contribution in [0.4, 0.5) is 5.69 Å². The average Bonchev–Trinajstić information content (AvgIpc) is 2.46. The van der Waals surface area contributed by atoms with Gasteiger partial charge in [-0.25, -0.2) is 0 Å². The fourth-order valence-corrected chi connectivity index (χ4v) is 1.91. The minimum absolute atomic E-state index is 0.0418. The lowest BCUT2D eigenvalue weighted by Gasteiger charge is -2.17. The number of amides is 2. The molecule has 1 unspecified atom stereocenters. The van der Waals surface area contributed by atoms with E-state index in [4.69, 9.17) is 4.74 Å². The van der Waals surface area contributed by atoms with Crippen LogP contribution in [-0.4, -0.2) is 45.1 Å². The van der Waals surface area contributed by atoms with Gasteiger partial charge < -0.3 is 20.3 Å². The van der Waals surface area contributed by atoms with E-state index in [9.17, 15) is 9.59 Å². The van der Waals surface area contributed by atoms with Gasteiger partial charge in [-0.15, -0.1) is 0 Å². The molecule has 0 radical (unpaired) electrons. The topological polar surface area (TPSA) is 71.9 Å². The molecule has 0 bridgehead atoms. The number of nitrogens with one attached hydrogen (secondary N) is 3. The number of carbonyl (C=O) groups excluding carboxylic acids is 2. The Labute approximate surface area is 125 Å². The van der Waals surface area contributed by atoms with Gasteiger partial charge in [0.1, 0.15) is 5.75 Å². The molecule has 116 valence electrons. The number of benzene rings is 1. The van der Waals surface area contributed by atoms with Crippen molar-refractivity contribution in [3.8, 4) is 5.75 Å². The van der Waals surface area contributed by atoms with Crippen molar-refractivity contribution in [1.82, 2.24) is 5.32 Å². The summed E-state index contributed by atoms with van der Waals surface area (Å²) < 4.78 is 5.07. The van der Waals surface area contributed by atoms with E-state index in [1.165, 1.54) is 6.92 Å². The van der Waals surface area contributed by atoms with Gasteiger partial charge in [-0.1, -0.05) is 0 Å².